The maximum absolute atomic E-state index is 11.0. The number of benzene rings is 2. The second-order valence-electron chi connectivity index (χ2n) is 8.35. The molecule has 0 aromatic heterocycles. The summed E-state index contributed by atoms with van der Waals surface area (Å²) < 4.78 is 11.0. The number of rotatable bonds is 6. The highest BCUT2D eigenvalue weighted by Crippen LogP contribution is 2.49. The SMILES string of the molecule is COc1ccc(C23CC/C(=N\Nc4ccc(C(=O)O)cc4)CC2N(C)CC3)cc1OC. The van der Waals surface area contributed by atoms with Crippen LogP contribution in [0.25, 0.3) is 0 Å². The van der Waals surface area contributed by atoms with Crippen molar-refractivity contribution in [1.82, 2.24) is 4.90 Å². The van der Waals surface area contributed by atoms with Crippen LogP contribution in [-0.4, -0.2) is 55.5 Å². The fraction of sp³-hybridized carbons (Fsp3) is 0.417. The highest BCUT2D eigenvalue weighted by atomic mass is 16.5. The fourth-order valence-corrected chi connectivity index (χ4v) is 5.02. The molecule has 1 aliphatic heterocycles. The van der Waals surface area contributed by atoms with E-state index in [-0.39, 0.29) is 11.0 Å². The molecular weight excluding hydrogens is 394 g/mol. The number of methoxy groups -OCH3 is 2. The molecule has 31 heavy (non-hydrogen) atoms. The predicted molar refractivity (Wildman–Crippen MR) is 121 cm³/mol. The third-order valence-corrected chi connectivity index (χ3v) is 6.80. The second kappa shape index (κ2) is 8.59. The van der Waals surface area contributed by atoms with Crippen LogP contribution in [0, 0.1) is 0 Å². The van der Waals surface area contributed by atoms with Crippen LogP contribution in [0.4, 0.5) is 5.69 Å². The average Bonchev–Trinajstić information content (AvgIpc) is 3.14. The second-order valence-corrected chi connectivity index (χ2v) is 8.35. The number of aromatic carboxylic acids is 1. The van der Waals surface area contributed by atoms with E-state index in [4.69, 9.17) is 14.6 Å². The van der Waals surface area contributed by atoms with Gasteiger partial charge in [0.05, 0.1) is 25.5 Å². The summed E-state index contributed by atoms with van der Waals surface area (Å²) in [6.45, 7) is 1.05. The first-order valence-electron chi connectivity index (χ1n) is 10.5. The number of nitrogens with zero attached hydrogens (tertiary/aromatic N) is 2. The van der Waals surface area contributed by atoms with Gasteiger partial charge in [-0.1, -0.05) is 6.07 Å². The summed E-state index contributed by atoms with van der Waals surface area (Å²) >= 11 is 0. The van der Waals surface area contributed by atoms with E-state index in [9.17, 15) is 4.79 Å². The Morgan fingerprint density at radius 3 is 2.55 bits per heavy atom. The normalized spacial score (nSPS) is 24.6. The summed E-state index contributed by atoms with van der Waals surface area (Å²) in [5, 5.41) is 13.7. The largest absolute Gasteiger partial charge is 0.493 e. The fourth-order valence-electron chi connectivity index (χ4n) is 5.02. The molecule has 7 nitrogen and oxygen atoms in total. The summed E-state index contributed by atoms with van der Waals surface area (Å²) in [6.07, 6.45) is 3.95. The molecule has 0 spiro atoms. The highest BCUT2D eigenvalue weighted by molar-refractivity contribution is 5.88. The Balaban J connectivity index is 1.54. The van der Waals surface area contributed by atoms with Gasteiger partial charge in [0.25, 0.3) is 0 Å². The molecule has 2 fully saturated rings. The quantitative estimate of drug-likeness (QED) is 0.684. The van der Waals surface area contributed by atoms with Crippen LogP contribution in [0.3, 0.4) is 0 Å². The average molecular weight is 424 g/mol. The van der Waals surface area contributed by atoms with Crippen LogP contribution in [0.1, 0.15) is 41.6 Å². The van der Waals surface area contributed by atoms with Crippen LogP contribution < -0.4 is 14.9 Å². The number of hydrogen-bond donors (Lipinski definition) is 2. The zero-order chi connectivity index (χ0) is 22.0. The molecule has 1 aliphatic carbocycles. The van der Waals surface area contributed by atoms with Crippen LogP contribution in [-0.2, 0) is 5.41 Å². The van der Waals surface area contributed by atoms with E-state index in [1.807, 2.05) is 6.07 Å². The van der Waals surface area contributed by atoms with E-state index in [0.717, 1.165) is 55.1 Å². The minimum Gasteiger partial charge on any atom is -0.493 e. The van der Waals surface area contributed by atoms with Gasteiger partial charge in [0.15, 0.2) is 11.5 Å². The first kappa shape index (κ1) is 21.2. The van der Waals surface area contributed by atoms with Crippen molar-refractivity contribution < 1.29 is 19.4 Å². The first-order chi connectivity index (χ1) is 15.0. The predicted octanol–water partition coefficient (Wildman–Crippen LogP) is 4.00. The highest BCUT2D eigenvalue weighted by Gasteiger charge is 2.49. The number of likely N-dealkylation sites (tertiary alicyclic amines) is 1. The molecule has 7 heteroatoms. The number of likely N-dealkylation sites (N-methyl/N-ethyl adjacent to an activating group) is 1. The molecule has 4 rings (SSSR count). The lowest BCUT2D eigenvalue weighted by molar-refractivity contribution is 0.0697. The summed E-state index contributed by atoms with van der Waals surface area (Å²) in [6, 6.07) is 13.3. The van der Waals surface area contributed by atoms with E-state index >= 15 is 0 Å². The third kappa shape index (κ3) is 3.97. The number of hydrogen-bond acceptors (Lipinski definition) is 6. The van der Waals surface area contributed by atoms with Crippen LogP contribution >= 0.6 is 0 Å². The number of anilines is 1. The van der Waals surface area contributed by atoms with Gasteiger partial charge in [0.2, 0.25) is 0 Å². The van der Waals surface area contributed by atoms with Gasteiger partial charge in [-0.25, -0.2) is 4.79 Å². The van der Waals surface area contributed by atoms with Crippen LogP contribution in [0.5, 0.6) is 11.5 Å². The maximum Gasteiger partial charge on any atom is 0.335 e. The van der Waals surface area contributed by atoms with Crippen molar-refractivity contribution in [3.63, 3.8) is 0 Å². The number of carbonyl (C=O) groups is 1. The summed E-state index contributed by atoms with van der Waals surface area (Å²) in [7, 11) is 5.53. The standard InChI is InChI=1S/C24H29N3O4/c1-27-13-12-24(17-6-9-20(30-2)21(14-17)31-3)11-10-19(15-22(24)27)26-25-18-7-4-16(5-8-18)23(28)29/h4-9,14,22,25H,10-13,15H2,1-3H3,(H,28,29)/b26-19+. The van der Waals surface area contributed by atoms with Gasteiger partial charge < -0.3 is 19.5 Å². The summed E-state index contributed by atoms with van der Waals surface area (Å²) in [5.41, 5.74) is 6.67. The van der Waals surface area contributed by atoms with Crippen molar-refractivity contribution in [3.8, 4) is 11.5 Å². The summed E-state index contributed by atoms with van der Waals surface area (Å²) in [5.74, 6) is 0.594. The Kier molecular flexibility index (Phi) is 5.87. The Bertz CT molecular complexity index is 989. The van der Waals surface area contributed by atoms with Crippen molar-refractivity contribution in [3.05, 3.63) is 53.6 Å². The van der Waals surface area contributed by atoms with Gasteiger partial charge in [-0.05, 0) is 74.8 Å². The maximum atomic E-state index is 11.0. The minimum atomic E-state index is -0.930. The molecule has 2 N–H and O–H groups in total. The smallest absolute Gasteiger partial charge is 0.335 e. The molecule has 0 amide bonds. The zero-order valence-corrected chi connectivity index (χ0v) is 18.2. The lowest BCUT2D eigenvalue weighted by atomic mass is 9.65. The van der Waals surface area contributed by atoms with Gasteiger partial charge in [0.1, 0.15) is 0 Å². The van der Waals surface area contributed by atoms with Crippen LogP contribution in [0.15, 0.2) is 47.6 Å². The Hall–Kier alpha value is -3.06. The molecule has 1 heterocycles. The Morgan fingerprint density at radius 1 is 1.13 bits per heavy atom. The number of carboxylic acid groups (broad SMARTS) is 1. The van der Waals surface area contributed by atoms with Crippen molar-refractivity contribution in [2.75, 3.05) is 33.2 Å². The molecule has 1 saturated heterocycles. The van der Waals surface area contributed by atoms with Crippen molar-refractivity contribution in [2.24, 2.45) is 5.10 Å². The van der Waals surface area contributed by atoms with E-state index in [2.05, 4.69) is 34.6 Å². The lowest BCUT2D eigenvalue weighted by Gasteiger charge is -2.42. The third-order valence-electron chi connectivity index (χ3n) is 6.80. The van der Waals surface area contributed by atoms with Crippen LogP contribution in [0.2, 0.25) is 0 Å². The number of ether oxygens (including phenoxy) is 2. The van der Waals surface area contributed by atoms with Crippen molar-refractivity contribution in [2.45, 2.75) is 37.1 Å². The van der Waals surface area contributed by atoms with Crippen molar-refractivity contribution in [1.29, 1.82) is 0 Å². The number of carboxylic acids is 1. The molecule has 2 aliphatic rings. The van der Waals surface area contributed by atoms with Gasteiger partial charge in [-0.3, -0.25) is 5.43 Å². The Morgan fingerprint density at radius 2 is 1.87 bits per heavy atom. The summed E-state index contributed by atoms with van der Waals surface area (Å²) in [4.78, 5) is 13.4. The number of hydrazone groups is 1. The van der Waals surface area contributed by atoms with Gasteiger partial charge in [-0.2, -0.15) is 5.10 Å². The molecule has 0 radical (unpaired) electrons. The van der Waals surface area contributed by atoms with E-state index in [0.29, 0.717) is 6.04 Å². The van der Waals surface area contributed by atoms with E-state index in [1.165, 1.54) is 5.56 Å². The minimum absolute atomic E-state index is 0.0798. The van der Waals surface area contributed by atoms with E-state index in [1.54, 1.807) is 38.5 Å². The Labute approximate surface area is 182 Å². The molecule has 164 valence electrons. The van der Waals surface area contributed by atoms with Gasteiger partial charge in [-0.15, -0.1) is 0 Å². The first-order valence-corrected chi connectivity index (χ1v) is 10.5. The molecule has 2 unspecified atom stereocenters. The molecule has 2 atom stereocenters. The topological polar surface area (TPSA) is 83.4 Å². The van der Waals surface area contributed by atoms with Gasteiger partial charge in [0, 0.05) is 23.6 Å². The molecule has 2 aromatic rings. The number of nitrogens with one attached hydrogen (secondary N) is 1. The van der Waals surface area contributed by atoms with Gasteiger partial charge >= 0.3 is 5.97 Å². The molecular formula is C24H29N3O4. The monoisotopic (exact) mass is 423 g/mol. The zero-order valence-electron chi connectivity index (χ0n) is 18.2. The molecule has 1 saturated carbocycles. The lowest BCUT2D eigenvalue weighted by Crippen LogP contribution is -2.46. The van der Waals surface area contributed by atoms with E-state index < -0.39 is 5.97 Å². The molecule has 2 aromatic carbocycles. The van der Waals surface area contributed by atoms with Crippen molar-refractivity contribution >= 4 is 17.4 Å². The number of fused-ring (bicyclic) bond motifs is 1. The molecule has 0 bridgehead atoms.